The van der Waals surface area contributed by atoms with Crippen molar-refractivity contribution in [2.24, 2.45) is 0 Å². The van der Waals surface area contributed by atoms with E-state index in [1.54, 1.807) is 0 Å². The largest absolute Gasteiger partial charge is 0.377 e. The SMILES string of the molecule is C#CCCN(C[C@H]1CCCO1)[C@H]1CCS(=O)(=O)C1. The molecule has 0 unspecified atom stereocenters. The van der Waals surface area contributed by atoms with Crippen molar-refractivity contribution in [2.45, 2.75) is 37.8 Å². The van der Waals surface area contributed by atoms with Crippen LogP contribution in [0.4, 0.5) is 0 Å². The summed E-state index contributed by atoms with van der Waals surface area (Å²) in [6, 6.07) is 0.132. The van der Waals surface area contributed by atoms with Gasteiger partial charge in [0.2, 0.25) is 0 Å². The number of hydrogen-bond acceptors (Lipinski definition) is 4. The van der Waals surface area contributed by atoms with Crippen LogP contribution in [0, 0.1) is 12.3 Å². The molecule has 0 N–H and O–H groups in total. The molecule has 5 heteroatoms. The van der Waals surface area contributed by atoms with Gasteiger partial charge >= 0.3 is 0 Å². The predicted octanol–water partition coefficient (Wildman–Crippen LogP) is 0.678. The second-order valence-corrected chi connectivity index (χ2v) is 7.37. The van der Waals surface area contributed by atoms with E-state index < -0.39 is 9.84 Å². The molecule has 0 aromatic heterocycles. The van der Waals surface area contributed by atoms with E-state index in [9.17, 15) is 8.42 Å². The summed E-state index contributed by atoms with van der Waals surface area (Å²) < 4.78 is 28.7. The summed E-state index contributed by atoms with van der Waals surface area (Å²) in [7, 11) is -2.83. The van der Waals surface area contributed by atoms with Gasteiger partial charge in [0.05, 0.1) is 17.6 Å². The van der Waals surface area contributed by atoms with E-state index in [2.05, 4.69) is 10.8 Å². The minimum Gasteiger partial charge on any atom is -0.377 e. The average Bonchev–Trinajstić information content (AvgIpc) is 2.93. The Morgan fingerprint density at radius 2 is 2.22 bits per heavy atom. The molecule has 0 saturated carbocycles. The molecule has 2 aliphatic heterocycles. The summed E-state index contributed by atoms with van der Waals surface area (Å²) in [5, 5.41) is 0. The number of terminal acetylenes is 1. The van der Waals surface area contributed by atoms with Crippen LogP contribution in [0.1, 0.15) is 25.7 Å². The van der Waals surface area contributed by atoms with E-state index in [1.807, 2.05) is 0 Å². The Labute approximate surface area is 110 Å². The minimum atomic E-state index is -2.83. The van der Waals surface area contributed by atoms with Gasteiger partial charge in [0.25, 0.3) is 0 Å². The molecule has 2 atom stereocenters. The molecule has 18 heavy (non-hydrogen) atoms. The van der Waals surface area contributed by atoms with Gasteiger partial charge in [-0.3, -0.25) is 4.90 Å². The minimum absolute atomic E-state index is 0.132. The Morgan fingerprint density at radius 3 is 2.78 bits per heavy atom. The molecule has 2 heterocycles. The normalized spacial score (nSPS) is 30.7. The molecule has 0 bridgehead atoms. The Hall–Kier alpha value is -0.570. The standard InChI is InChI=1S/C13H21NO3S/c1-2-3-7-14(10-13-5-4-8-17-13)12-6-9-18(15,16)11-12/h1,12-13H,3-11H2/t12-,13+/m0/s1. The van der Waals surface area contributed by atoms with E-state index in [0.29, 0.717) is 12.2 Å². The molecule has 0 aromatic carbocycles. The summed E-state index contributed by atoms with van der Waals surface area (Å²) in [5.74, 6) is 3.23. The van der Waals surface area contributed by atoms with Crippen LogP contribution in [0.15, 0.2) is 0 Å². The highest BCUT2D eigenvalue weighted by Crippen LogP contribution is 2.21. The fourth-order valence-corrected chi connectivity index (χ4v) is 4.51. The van der Waals surface area contributed by atoms with Crippen LogP contribution in [0.5, 0.6) is 0 Å². The van der Waals surface area contributed by atoms with Crippen LogP contribution < -0.4 is 0 Å². The maximum absolute atomic E-state index is 11.6. The zero-order valence-electron chi connectivity index (χ0n) is 10.7. The van der Waals surface area contributed by atoms with Gasteiger partial charge in [-0.25, -0.2) is 8.42 Å². The lowest BCUT2D eigenvalue weighted by Gasteiger charge is -2.29. The quantitative estimate of drug-likeness (QED) is 0.690. The average molecular weight is 271 g/mol. The highest BCUT2D eigenvalue weighted by Gasteiger charge is 2.33. The number of sulfone groups is 1. The summed E-state index contributed by atoms with van der Waals surface area (Å²) in [4.78, 5) is 2.22. The van der Waals surface area contributed by atoms with Crippen molar-refractivity contribution in [1.29, 1.82) is 0 Å². The third kappa shape index (κ3) is 3.71. The highest BCUT2D eigenvalue weighted by atomic mass is 32.2. The second-order valence-electron chi connectivity index (χ2n) is 5.14. The van der Waals surface area contributed by atoms with Crippen LogP contribution in [0.25, 0.3) is 0 Å². The summed E-state index contributed by atoms with van der Waals surface area (Å²) >= 11 is 0. The van der Waals surface area contributed by atoms with Crippen LogP contribution in [-0.2, 0) is 14.6 Å². The van der Waals surface area contributed by atoms with E-state index in [1.165, 1.54) is 0 Å². The number of nitrogens with zero attached hydrogens (tertiary/aromatic N) is 1. The number of hydrogen-bond donors (Lipinski definition) is 0. The first kappa shape index (κ1) is 13.9. The van der Waals surface area contributed by atoms with E-state index >= 15 is 0 Å². The predicted molar refractivity (Wildman–Crippen MR) is 71.1 cm³/mol. The maximum Gasteiger partial charge on any atom is 0.151 e. The lowest BCUT2D eigenvalue weighted by atomic mass is 10.1. The first-order valence-electron chi connectivity index (χ1n) is 6.60. The van der Waals surface area contributed by atoms with Crippen molar-refractivity contribution < 1.29 is 13.2 Å². The lowest BCUT2D eigenvalue weighted by molar-refractivity contribution is 0.0617. The molecular formula is C13H21NO3S. The molecule has 0 aliphatic carbocycles. The van der Waals surface area contributed by atoms with Gasteiger partial charge in [-0.2, -0.15) is 0 Å². The molecule has 102 valence electrons. The molecule has 2 rings (SSSR count). The van der Waals surface area contributed by atoms with Crippen LogP contribution in [0.3, 0.4) is 0 Å². The van der Waals surface area contributed by atoms with Gasteiger partial charge in [0.15, 0.2) is 9.84 Å². The van der Waals surface area contributed by atoms with Crippen molar-refractivity contribution in [3.05, 3.63) is 0 Å². The Kier molecular flexibility index (Phi) is 4.66. The topological polar surface area (TPSA) is 46.6 Å². The van der Waals surface area contributed by atoms with Gasteiger partial charge in [0, 0.05) is 32.2 Å². The first-order valence-corrected chi connectivity index (χ1v) is 8.42. The van der Waals surface area contributed by atoms with Gasteiger partial charge in [-0.1, -0.05) is 0 Å². The van der Waals surface area contributed by atoms with Gasteiger partial charge < -0.3 is 4.74 Å². The molecule has 0 amide bonds. The molecule has 0 radical (unpaired) electrons. The third-order valence-corrected chi connectivity index (χ3v) is 5.48. The zero-order valence-corrected chi connectivity index (χ0v) is 11.5. The van der Waals surface area contributed by atoms with Gasteiger partial charge in [-0.05, 0) is 19.3 Å². The lowest BCUT2D eigenvalue weighted by Crippen LogP contribution is -2.41. The molecule has 0 aromatic rings. The number of ether oxygens (including phenoxy) is 1. The molecule has 0 spiro atoms. The summed E-state index contributed by atoms with van der Waals surface area (Å²) in [6.07, 6.45) is 9.16. The third-order valence-electron chi connectivity index (χ3n) is 3.73. The molecule has 2 fully saturated rings. The number of rotatable bonds is 5. The Balaban J connectivity index is 1.94. The summed E-state index contributed by atoms with van der Waals surface area (Å²) in [6.45, 7) is 2.43. The fourth-order valence-electron chi connectivity index (χ4n) is 2.74. The highest BCUT2D eigenvalue weighted by molar-refractivity contribution is 7.91. The maximum atomic E-state index is 11.6. The molecule has 2 saturated heterocycles. The van der Waals surface area contributed by atoms with Crippen LogP contribution in [-0.4, -0.2) is 56.7 Å². The summed E-state index contributed by atoms with van der Waals surface area (Å²) in [5.41, 5.74) is 0. The Bertz CT molecular complexity index is 406. The molecular weight excluding hydrogens is 250 g/mol. The van der Waals surface area contributed by atoms with Gasteiger partial charge in [-0.15, -0.1) is 12.3 Å². The first-order chi connectivity index (χ1) is 8.61. The smallest absolute Gasteiger partial charge is 0.151 e. The van der Waals surface area contributed by atoms with E-state index in [4.69, 9.17) is 11.2 Å². The Morgan fingerprint density at radius 1 is 1.39 bits per heavy atom. The van der Waals surface area contributed by atoms with Gasteiger partial charge in [0.1, 0.15) is 0 Å². The molecule has 2 aliphatic rings. The zero-order chi connectivity index (χ0) is 13.0. The van der Waals surface area contributed by atoms with Crippen molar-refractivity contribution in [3.63, 3.8) is 0 Å². The van der Waals surface area contributed by atoms with Crippen molar-refractivity contribution in [2.75, 3.05) is 31.2 Å². The second kappa shape index (κ2) is 6.05. The van der Waals surface area contributed by atoms with E-state index in [-0.39, 0.29) is 17.9 Å². The van der Waals surface area contributed by atoms with Crippen molar-refractivity contribution >= 4 is 9.84 Å². The van der Waals surface area contributed by atoms with E-state index in [0.717, 1.165) is 39.0 Å². The fraction of sp³-hybridized carbons (Fsp3) is 0.846. The van der Waals surface area contributed by atoms with Crippen molar-refractivity contribution in [3.8, 4) is 12.3 Å². The van der Waals surface area contributed by atoms with Crippen LogP contribution in [0.2, 0.25) is 0 Å². The molecule has 4 nitrogen and oxygen atoms in total. The van der Waals surface area contributed by atoms with Crippen molar-refractivity contribution in [1.82, 2.24) is 4.90 Å². The monoisotopic (exact) mass is 271 g/mol. The van der Waals surface area contributed by atoms with Crippen LogP contribution >= 0.6 is 0 Å².